The summed E-state index contributed by atoms with van der Waals surface area (Å²) in [5.74, 6) is 1.42. The van der Waals surface area contributed by atoms with Crippen LogP contribution in [-0.4, -0.2) is 27.6 Å². The smallest absolute Gasteiger partial charge is 0.231 e. The highest BCUT2D eigenvalue weighted by Gasteiger charge is 2.12. The van der Waals surface area contributed by atoms with Gasteiger partial charge in [0, 0.05) is 35.3 Å². The van der Waals surface area contributed by atoms with E-state index in [2.05, 4.69) is 15.3 Å². The molecule has 0 fully saturated rings. The van der Waals surface area contributed by atoms with Gasteiger partial charge in [0.2, 0.25) is 5.91 Å². The molecule has 2 aromatic heterocycles. The number of anilines is 1. The van der Waals surface area contributed by atoms with Crippen molar-refractivity contribution in [3.05, 3.63) is 82.6 Å². The minimum absolute atomic E-state index is 0.0589. The Morgan fingerprint density at radius 2 is 2.10 bits per heavy atom. The Labute approximate surface area is 189 Å². The molecule has 0 bridgehead atoms. The number of hydrogen-bond donors (Lipinski definition) is 1. The zero-order chi connectivity index (χ0) is 21.6. The number of thioether (sulfide) groups is 1. The van der Waals surface area contributed by atoms with E-state index in [0.717, 1.165) is 38.5 Å². The monoisotopic (exact) mass is 450 g/mol. The lowest BCUT2D eigenvalue weighted by molar-refractivity contribution is -0.115. The fourth-order valence-electron chi connectivity index (χ4n) is 3.03. The van der Waals surface area contributed by atoms with Crippen LogP contribution >= 0.6 is 23.1 Å². The minimum Gasteiger partial charge on any atom is -0.497 e. The molecule has 4 aromatic rings. The number of hydrogen-bond acceptors (Lipinski definition) is 6. The molecule has 0 saturated heterocycles. The Hall–Kier alpha value is -3.10. The number of benzene rings is 2. The van der Waals surface area contributed by atoms with Crippen molar-refractivity contribution in [2.45, 2.75) is 24.3 Å². The lowest BCUT2D eigenvalue weighted by Gasteiger charge is -2.08. The van der Waals surface area contributed by atoms with Gasteiger partial charge in [-0.05, 0) is 30.7 Å². The number of amides is 1. The summed E-state index contributed by atoms with van der Waals surface area (Å²) in [5.41, 5.74) is 3.81. The van der Waals surface area contributed by atoms with Crippen LogP contribution in [0.1, 0.15) is 16.3 Å². The number of nitrogens with zero attached hydrogens (tertiary/aromatic N) is 3. The summed E-state index contributed by atoms with van der Waals surface area (Å²) in [6.07, 6.45) is 3.98. The van der Waals surface area contributed by atoms with Gasteiger partial charge in [-0.15, -0.1) is 11.3 Å². The molecule has 0 spiro atoms. The van der Waals surface area contributed by atoms with Gasteiger partial charge in [0.1, 0.15) is 10.8 Å². The minimum atomic E-state index is -0.0589. The molecule has 2 aromatic carbocycles. The molecule has 0 unspecified atom stereocenters. The molecule has 0 saturated carbocycles. The van der Waals surface area contributed by atoms with Crippen LogP contribution in [0.25, 0.3) is 5.69 Å². The number of para-hydroxylation sites is 1. The van der Waals surface area contributed by atoms with Crippen LogP contribution in [0.3, 0.4) is 0 Å². The predicted molar refractivity (Wildman–Crippen MR) is 125 cm³/mol. The number of nitrogens with one attached hydrogen (secondary N) is 1. The molecule has 0 aliphatic rings. The van der Waals surface area contributed by atoms with Crippen LogP contribution in [0.4, 0.5) is 5.69 Å². The normalized spacial score (nSPS) is 10.8. The number of aryl methyl sites for hydroxylation is 1. The fourth-order valence-corrected chi connectivity index (χ4v) is 4.80. The highest BCUT2D eigenvalue weighted by atomic mass is 32.2. The maximum Gasteiger partial charge on any atom is 0.231 e. The number of thiazole rings is 1. The predicted octanol–water partition coefficient (Wildman–Crippen LogP) is 5.12. The number of ether oxygens (including phenoxy) is 1. The first kappa shape index (κ1) is 21.1. The Kier molecular flexibility index (Phi) is 6.69. The van der Waals surface area contributed by atoms with Gasteiger partial charge in [-0.3, -0.25) is 9.36 Å². The van der Waals surface area contributed by atoms with E-state index in [1.807, 2.05) is 71.6 Å². The molecular formula is C23H22N4O2S2. The third-order valence-electron chi connectivity index (χ3n) is 4.62. The zero-order valence-electron chi connectivity index (χ0n) is 17.2. The first-order chi connectivity index (χ1) is 15.1. The lowest BCUT2D eigenvalue weighted by Crippen LogP contribution is -2.15. The Morgan fingerprint density at radius 1 is 1.23 bits per heavy atom. The second kappa shape index (κ2) is 9.80. The van der Waals surface area contributed by atoms with Crippen LogP contribution in [0.15, 0.2) is 71.5 Å². The van der Waals surface area contributed by atoms with Gasteiger partial charge in [-0.2, -0.15) is 0 Å². The average molecular weight is 451 g/mol. The largest absolute Gasteiger partial charge is 0.497 e. The van der Waals surface area contributed by atoms with E-state index in [1.54, 1.807) is 25.1 Å². The average Bonchev–Trinajstić information content (AvgIpc) is 3.43. The second-order valence-electron chi connectivity index (χ2n) is 6.84. The highest BCUT2D eigenvalue weighted by molar-refractivity contribution is 7.98. The summed E-state index contributed by atoms with van der Waals surface area (Å²) in [6, 6.07) is 15.6. The van der Waals surface area contributed by atoms with E-state index >= 15 is 0 Å². The van der Waals surface area contributed by atoms with Crippen molar-refractivity contribution in [1.82, 2.24) is 14.5 Å². The van der Waals surface area contributed by atoms with Crippen LogP contribution in [-0.2, 0) is 17.0 Å². The fraction of sp³-hybridized carbons (Fsp3) is 0.174. The summed E-state index contributed by atoms with van der Waals surface area (Å²) in [6.45, 7) is 1.98. The zero-order valence-corrected chi connectivity index (χ0v) is 18.9. The number of carbonyl (C=O) groups excluding carboxylic acids is 1. The molecule has 0 aliphatic carbocycles. The molecule has 1 N–H and O–H groups in total. The van der Waals surface area contributed by atoms with Crippen LogP contribution in [0.5, 0.6) is 5.75 Å². The van der Waals surface area contributed by atoms with Crippen molar-refractivity contribution in [3.63, 3.8) is 0 Å². The van der Waals surface area contributed by atoms with E-state index in [9.17, 15) is 4.79 Å². The molecule has 158 valence electrons. The molecule has 8 heteroatoms. The van der Waals surface area contributed by atoms with E-state index in [4.69, 9.17) is 4.74 Å². The maximum absolute atomic E-state index is 12.4. The number of aromatic nitrogens is 3. The van der Waals surface area contributed by atoms with Crippen molar-refractivity contribution in [1.29, 1.82) is 0 Å². The summed E-state index contributed by atoms with van der Waals surface area (Å²) < 4.78 is 7.34. The molecule has 4 rings (SSSR count). The van der Waals surface area contributed by atoms with E-state index in [1.165, 1.54) is 11.3 Å². The van der Waals surface area contributed by atoms with Gasteiger partial charge in [0.15, 0.2) is 5.16 Å². The molecule has 1 amide bonds. The standard InChI is InChI=1S/C23H22N4O2S2/c1-16-6-3-4-9-20(16)26-21(28)13-22-25-17(14-30-22)15-31-23-24-10-11-27(23)18-7-5-8-19(12-18)29-2/h3-12,14H,13,15H2,1-2H3,(H,26,28). The molecule has 0 aliphatic heterocycles. The Bertz CT molecular complexity index is 1190. The van der Waals surface area contributed by atoms with Crippen molar-refractivity contribution < 1.29 is 9.53 Å². The quantitative estimate of drug-likeness (QED) is 0.377. The highest BCUT2D eigenvalue weighted by Crippen LogP contribution is 2.26. The number of rotatable bonds is 8. The first-order valence-electron chi connectivity index (χ1n) is 9.71. The van der Waals surface area contributed by atoms with Crippen molar-refractivity contribution in [2.75, 3.05) is 12.4 Å². The van der Waals surface area contributed by atoms with Gasteiger partial charge >= 0.3 is 0 Å². The number of methoxy groups -OCH3 is 1. The maximum atomic E-state index is 12.4. The third-order valence-corrected chi connectivity index (χ3v) is 6.52. The molecular weight excluding hydrogens is 428 g/mol. The Balaban J connectivity index is 1.36. The summed E-state index contributed by atoms with van der Waals surface area (Å²) in [5, 5.41) is 6.64. The Morgan fingerprint density at radius 3 is 2.94 bits per heavy atom. The van der Waals surface area contributed by atoms with Gasteiger partial charge in [-0.1, -0.05) is 36.0 Å². The molecule has 6 nitrogen and oxygen atoms in total. The van der Waals surface area contributed by atoms with Crippen LogP contribution in [0, 0.1) is 6.92 Å². The number of imidazole rings is 1. The van der Waals surface area contributed by atoms with E-state index in [-0.39, 0.29) is 12.3 Å². The van der Waals surface area contributed by atoms with E-state index < -0.39 is 0 Å². The van der Waals surface area contributed by atoms with Crippen LogP contribution < -0.4 is 10.1 Å². The van der Waals surface area contributed by atoms with Gasteiger partial charge < -0.3 is 10.1 Å². The topological polar surface area (TPSA) is 69.0 Å². The van der Waals surface area contributed by atoms with Crippen molar-refractivity contribution in [2.24, 2.45) is 0 Å². The molecule has 2 heterocycles. The summed E-state index contributed by atoms with van der Waals surface area (Å²) >= 11 is 3.11. The van der Waals surface area contributed by atoms with Gasteiger partial charge in [0.25, 0.3) is 0 Å². The number of carbonyl (C=O) groups is 1. The first-order valence-corrected chi connectivity index (χ1v) is 11.6. The molecule has 0 radical (unpaired) electrons. The lowest BCUT2D eigenvalue weighted by atomic mass is 10.2. The molecule has 0 atom stereocenters. The van der Waals surface area contributed by atoms with Gasteiger partial charge in [-0.25, -0.2) is 9.97 Å². The molecule has 31 heavy (non-hydrogen) atoms. The third kappa shape index (κ3) is 5.34. The summed E-state index contributed by atoms with van der Waals surface area (Å²) in [4.78, 5) is 21.5. The van der Waals surface area contributed by atoms with Crippen molar-refractivity contribution in [3.8, 4) is 11.4 Å². The summed E-state index contributed by atoms with van der Waals surface area (Å²) in [7, 11) is 1.66. The van der Waals surface area contributed by atoms with Crippen molar-refractivity contribution >= 4 is 34.7 Å². The van der Waals surface area contributed by atoms with Gasteiger partial charge in [0.05, 0.1) is 24.9 Å². The van der Waals surface area contributed by atoms with Crippen LogP contribution in [0.2, 0.25) is 0 Å². The van der Waals surface area contributed by atoms with E-state index in [0.29, 0.717) is 5.75 Å². The second-order valence-corrected chi connectivity index (χ2v) is 8.73. The SMILES string of the molecule is COc1cccc(-n2ccnc2SCc2csc(CC(=O)Nc3ccccc3C)n2)c1.